The van der Waals surface area contributed by atoms with Crippen molar-refractivity contribution in [3.05, 3.63) is 36.1 Å². The van der Waals surface area contributed by atoms with E-state index in [1.165, 1.54) is 49.5 Å². The van der Waals surface area contributed by atoms with E-state index in [2.05, 4.69) is 18.4 Å². The number of benzene rings is 1. The fourth-order valence-electron chi connectivity index (χ4n) is 2.73. The quantitative estimate of drug-likeness (QED) is 0.396. The van der Waals surface area contributed by atoms with Gasteiger partial charge in [-0.3, -0.25) is 11.3 Å². The lowest BCUT2D eigenvalue weighted by atomic mass is 9.99. The molecule has 1 heterocycles. The van der Waals surface area contributed by atoms with Crippen LogP contribution in [0.25, 0.3) is 11.0 Å². The van der Waals surface area contributed by atoms with Crippen LogP contribution in [0.4, 0.5) is 0 Å². The van der Waals surface area contributed by atoms with E-state index in [0.29, 0.717) is 0 Å². The summed E-state index contributed by atoms with van der Waals surface area (Å²) in [7, 11) is 0. The van der Waals surface area contributed by atoms with Gasteiger partial charge in [-0.1, -0.05) is 63.6 Å². The van der Waals surface area contributed by atoms with E-state index in [1.807, 2.05) is 24.5 Å². The van der Waals surface area contributed by atoms with Gasteiger partial charge in [0.25, 0.3) is 0 Å². The molecule has 0 fully saturated rings. The third kappa shape index (κ3) is 3.84. The highest BCUT2D eigenvalue weighted by Crippen LogP contribution is 2.28. The molecule has 2 aromatic rings. The van der Waals surface area contributed by atoms with E-state index in [1.54, 1.807) is 0 Å². The Labute approximate surface area is 121 Å². The third-order valence-electron chi connectivity index (χ3n) is 3.93. The van der Waals surface area contributed by atoms with Gasteiger partial charge in [0.15, 0.2) is 0 Å². The lowest BCUT2D eigenvalue weighted by molar-refractivity contribution is 0.473. The topological polar surface area (TPSA) is 51.2 Å². The molecule has 0 aliphatic rings. The van der Waals surface area contributed by atoms with E-state index >= 15 is 0 Å². The fraction of sp³-hybridized carbons (Fsp3) is 0.529. The Morgan fingerprint density at radius 2 is 1.85 bits per heavy atom. The molecule has 1 aromatic carbocycles. The standard InChI is InChI=1S/C17H26N2O/c1-2-3-4-5-6-7-11-16(19-18)15-13-20-17-12-9-8-10-14(15)17/h8-10,12-13,16,19H,2-7,11,18H2,1H3. The lowest BCUT2D eigenvalue weighted by Gasteiger charge is -2.14. The van der Waals surface area contributed by atoms with Crippen LogP contribution in [-0.4, -0.2) is 0 Å². The summed E-state index contributed by atoms with van der Waals surface area (Å²) in [5.41, 5.74) is 5.05. The van der Waals surface area contributed by atoms with Crippen molar-refractivity contribution in [3.63, 3.8) is 0 Å². The monoisotopic (exact) mass is 274 g/mol. The molecule has 0 saturated heterocycles. The van der Waals surface area contributed by atoms with Gasteiger partial charge in [0.2, 0.25) is 0 Å². The molecule has 110 valence electrons. The molecule has 0 aliphatic carbocycles. The summed E-state index contributed by atoms with van der Waals surface area (Å²) >= 11 is 0. The fourth-order valence-corrected chi connectivity index (χ4v) is 2.73. The molecule has 1 aromatic heterocycles. The molecule has 0 aliphatic heterocycles. The number of hydrogen-bond donors (Lipinski definition) is 2. The predicted molar refractivity (Wildman–Crippen MR) is 84.3 cm³/mol. The molecule has 1 atom stereocenters. The van der Waals surface area contributed by atoms with Crippen molar-refractivity contribution in [2.24, 2.45) is 5.84 Å². The highest BCUT2D eigenvalue weighted by molar-refractivity contribution is 5.81. The summed E-state index contributed by atoms with van der Waals surface area (Å²) < 4.78 is 5.60. The second-order valence-corrected chi connectivity index (χ2v) is 5.46. The zero-order chi connectivity index (χ0) is 14.2. The van der Waals surface area contributed by atoms with Crippen LogP contribution in [0.5, 0.6) is 0 Å². The number of rotatable bonds is 9. The van der Waals surface area contributed by atoms with Crippen molar-refractivity contribution >= 4 is 11.0 Å². The Hall–Kier alpha value is -1.32. The Morgan fingerprint density at radius 3 is 2.65 bits per heavy atom. The van der Waals surface area contributed by atoms with Gasteiger partial charge < -0.3 is 4.42 Å². The molecular formula is C17H26N2O. The Bertz CT molecular complexity index is 506. The van der Waals surface area contributed by atoms with Gasteiger partial charge in [0.1, 0.15) is 5.58 Å². The molecule has 3 heteroatoms. The van der Waals surface area contributed by atoms with Crippen molar-refractivity contribution in [2.75, 3.05) is 0 Å². The molecule has 2 rings (SSSR count). The number of furan rings is 1. The van der Waals surface area contributed by atoms with Gasteiger partial charge in [-0.2, -0.15) is 0 Å². The minimum atomic E-state index is 0.185. The van der Waals surface area contributed by atoms with Crippen LogP contribution in [-0.2, 0) is 0 Å². The van der Waals surface area contributed by atoms with Gasteiger partial charge in [-0.05, 0) is 12.5 Å². The Morgan fingerprint density at radius 1 is 1.10 bits per heavy atom. The second kappa shape index (κ2) is 8.08. The maximum atomic E-state index is 5.73. The first-order valence-corrected chi connectivity index (χ1v) is 7.79. The first kappa shape index (κ1) is 15.1. The Kier molecular flexibility index (Phi) is 6.09. The molecule has 3 nitrogen and oxygen atoms in total. The van der Waals surface area contributed by atoms with Gasteiger partial charge >= 0.3 is 0 Å². The summed E-state index contributed by atoms with van der Waals surface area (Å²) in [4.78, 5) is 0. The largest absolute Gasteiger partial charge is 0.464 e. The second-order valence-electron chi connectivity index (χ2n) is 5.46. The molecular weight excluding hydrogens is 248 g/mol. The average molecular weight is 274 g/mol. The van der Waals surface area contributed by atoms with E-state index in [9.17, 15) is 0 Å². The predicted octanol–water partition coefficient (Wildman–Crippen LogP) is 4.69. The SMILES string of the molecule is CCCCCCCCC(NN)c1coc2ccccc12. The summed E-state index contributed by atoms with van der Waals surface area (Å²) in [6, 6.07) is 8.31. The molecule has 0 spiro atoms. The summed E-state index contributed by atoms with van der Waals surface area (Å²) in [6.45, 7) is 2.25. The van der Waals surface area contributed by atoms with Crippen LogP contribution < -0.4 is 11.3 Å². The number of unbranched alkanes of at least 4 members (excludes halogenated alkanes) is 5. The number of hydrogen-bond acceptors (Lipinski definition) is 3. The molecule has 0 amide bonds. The van der Waals surface area contributed by atoms with E-state index in [0.717, 1.165) is 12.0 Å². The average Bonchev–Trinajstić information content (AvgIpc) is 2.91. The van der Waals surface area contributed by atoms with E-state index < -0.39 is 0 Å². The van der Waals surface area contributed by atoms with Crippen LogP contribution in [0, 0.1) is 0 Å². The van der Waals surface area contributed by atoms with Crippen molar-refractivity contribution in [1.82, 2.24) is 5.43 Å². The first-order valence-electron chi connectivity index (χ1n) is 7.79. The number of nitrogens with one attached hydrogen (secondary N) is 1. The molecule has 3 N–H and O–H groups in total. The summed E-state index contributed by atoms with van der Waals surface area (Å²) in [5.74, 6) is 5.73. The Balaban J connectivity index is 1.88. The maximum Gasteiger partial charge on any atom is 0.134 e. The van der Waals surface area contributed by atoms with Crippen LogP contribution in [0.3, 0.4) is 0 Å². The molecule has 0 bridgehead atoms. The smallest absolute Gasteiger partial charge is 0.134 e. The number of nitrogens with two attached hydrogens (primary N) is 1. The van der Waals surface area contributed by atoms with Crippen LogP contribution in [0.2, 0.25) is 0 Å². The number of hydrazine groups is 1. The summed E-state index contributed by atoms with van der Waals surface area (Å²) in [6.07, 6.45) is 10.7. The molecule has 20 heavy (non-hydrogen) atoms. The van der Waals surface area contributed by atoms with Gasteiger partial charge in [0, 0.05) is 17.0 Å². The van der Waals surface area contributed by atoms with E-state index in [-0.39, 0.29) is 6.04 Å². The molecule has 0 saturated carbocycles. The van der Waals surface area contributed by atoms with E-state index in [4.69, 9.17) is 10.3 Å². The number of fused-ring (bicyclic) bond motifs is 1. The van der Waals surface area contributed by atoms with Gasteiger partial charge in [0.05, 0.1) is 6.26 Å². The molecule has 0 radical (unpaired) electrons. The van der Waals surface area contributed by atoms with Gasteiger partial charge in [-0.15, -0.1) is 0 Å². The zero-order valence-corrected chi connectivity index (χ0v) is 12.4. The highest BCUT2D eigenvalue weighted by atomic mass is 16.3. The first-order chi connectivity index (χ1) is 9.86. The minimum Gasteiger partial charge on any atom is -0.464 e. The highest BCUT2D eigenvalue weighted by Gasteiger charge is 2.15. The number of para-hydroxylation sites is 1. The summed E-state index contributed by atoms with van der Waals surface area (Å²) in [5, 5.41) is 1.17. The van der Waals surface area contributed by atoms with Crippen molar-refractivity contribution in [1.29, 1.82) is 0 Å². The maximum absolute atomic E-state index is 5.73. The van der Waals surface area contributed by atoms with Crippen molar-refractivity contribution in [3.8, 4) is 0 Å². The zero-order valence-electron chi connectivity index (χ0n) is 12.4. The third-order valence-corrected chi connectivity index (χ3v) is 3.93. The van der Waals surface area contributed by atoms with Crippen molar-refractivity contribution < 1.29 is 4.42 Å². The minimum absolute atomic E-state index is 0.185. The van der Waals surface area contributed by atoms with Crippen LogP contribution in [0.15, 0.2) is 34.9 Å². The van der Waals surface area contributed by atoms with Crippen LogP contribution >= 0.6 is 0 Å². The lowest BCUT2D eigenvalue weighted by Crippen LogP contribution is -2.27. The molecule has 1 unspecified atom stereocenters. The normalized spacial score (nSPS) is 12.9. The van der Waals surface area contributed by atoms with Crippen molar-refractivity contribution in [2.45, 2.75) is 57.9 Å². The van der Waals surface area contributed by atoms with Gasteiger partial charge in [-0.25, -0.2) is 0 Å². The van der Waals surface area contributed by atoms with Crippen LogP contribution in [0.1, 0.15) is 63.5 Å².